The van der Waals surface area contributed by atoms with Gasteiger partial charge in [0.15, 0.2) is 6.23 Å². The summed E-state index contributed by atoms with van der Waals surface area (Å²) in [5.41, 5.74) is -0.0159. The lowest BCUT2D eigenvalue weighted by molar-refractivity contribution is -0.0550. The Hall–Kier alpha value is -1.28. The van der Waals surface area contributed by atoms with E-state index in [1.807, 2.05) is 0 Å². The van der Waals surface area contributed by atoms with Gasteiger partial charge < -0.3 is 20.1 Å². The second kappa shape index (κ2) is 4.53. The van der Waals surface area contributed by atoms with E-state index >= 15 is 0 Å². The Bertz CT molecular complexity index is 460. The van der Waals surface area contributed by atoms with Gasteiger partial charge in [-0.15, -0.1) is 0 Å². The smallest absolute Gasteiger partial charge is 0.349 e. The van der Waals surface area contributed by atoms with Crippen LogP contribution in [0.5, 0.6) is 0 Å². The second-order valence-corrected chi connectivity index (χ2v) is 3.99. The number of aromatic nitrogens is 2. The normalized spacial score (nSPS) is 32.9. The van der Waals surface area contributed by atoms with Crippen molar-refractivity contribution in [3.05, 3.63) is 28.4 Å². The van der Waals surface area contributed by atoms with Crippen molar-refractivity contribution in [1.29, 1.82) is 0 Å². The Balaban J connectivity index is 2.32. The Morgan fingerprint density at radius 2 is 2.18 bits per heavy atom. The molecule has 0 unspecified atom stereocenters. The van der Waals surface area contributed by atoms with Crippen LogP contribution in [0.25, 0.3) is 0 Å². The number of aryl methyl sites for hydroxylation is 1. The lowest BCUT2D eigenvalue weighted by Crippen LogP contribution is -2.36. The quantitative estimate of drug-likeness (QED) is 0.563. The third kappa shape index (κ3) is 2.09. The standard InChI is InChI=1S/C10H14N2O5/c1-5-2-3-12(10(16)11-5)9-8(15)7(14)6(4-13)17-9/h2-3,6-9,13-15H,4H2,1H3/t6-,7-,8-,9-/m1/s1. The summed E-state index contributed by atoms with van der Waals surface area (Å²) >= 11 is 0. The second-order valence-electron chi connectivity index (χ2n) is 3.99. The summed E-state index contributed by atoms with van der Waals surface area (Å²) in [7, 11) is 0. The van der Waals surface area contributed by atoms with E-state index in [1.54, 1.807) is 13.0 Å². The SMILES string of the molecule is Cc1ccn([C@@H]2O[C@H](CO)[C@@H](O)[C@H]2O)c(=O)n1. The Labute approximate surface area is 96.9 Å². The first-order chi connectivity index (χ1) is 8.04. The van der Waals surface area contributed by atoms with Crippen molar-refractivity contribution >= 4 is 0 Å². The van der Waals surface area contributed by atoms with Gasteiger partial charge in [-0.1, -0.05) is 0 Å². The van der Waals surface area contributed by atoms with E-state index in [1.165, 1.54) is 6.20 Å². The van der Waals surface area contributed by atoms with Crippen molar-refractivity contribution in [1.82, 2.24) is 9.55 Å². The highest BCUT2D eigenvalue weighted by Crippen LogP contribution is 2.27. The predicted octanol–water partition coefficient (Wildman–Crippen LogP) is -1.84. The Kier molecular flexibility index (Phi) is 3.25. The van der Waals surface area contributed by atoms with Crippen LogP contribution in [0.4, 0.5) is 0 Å². The van der Waals surface area contributed by atoms with Crippen LogP contribution in [-0.4, -0.2) is 49.8 Å². The van der Waals surface area contributed by atoms with E-state index in [-0.39, 0.29) is 0 Å². The fourth-order valence-corrected chi connectivity index (χ4v) is 1.80. The highest BCUT2D eigenvalue weighted by molar-refractivity contribution is 4.98. The molecular formula is C10H14N2O5. The highest BCUT2D eigenvalue weighted by atomic mass is 16.6. The fraction of sp³-hybridized carbons (Fsp3) is 0.600. The van der Waals surface area contributed by atoms with Gasteiger partial charge in [0.05, 0.1) is 6.61 Å². The molecular weight excluding hydrogens is 228 g/mol. The molecule has 0 radical (unpaired) electrons. The van der Waals surface area contributed by atoms with E-state index in [4.69, 9.17) is 9.84 Å². The van der Waals surface area contributed by atoms with Crippen molar-refractivity contribution in [2.45, 2.75) is 31.5 Å². The number of hydrogen-bond donors (Lipinski definition) is 3. The van der Waals surface area contributed by atoms with Gasteiger partial charge in [0.25, 0.3) is 0 Å². The van der Waals surface area contributed by atoms with Crippen LogP contribution < -0.4 is 5.69 Å². The number of aliphatic hydroxyl groups is 3. The fourth-order valence-electron chi connectivity index (χ4n) is 1.80. The maximum absolute atomic E-state index is 11.6. The molecule has 0 saturated carbocycles. The maximum atomic E-state index is 11.6. The minimum absolute atomic E-state index is 0.428. The van der Waals surface area contributed by atoms with E-state index in [0.29, 0.717) is 5.69 Å². The summed E-state index contributed by atoms with van der Waals surface area (Å²) in [6.45, 7) is 1.24. The number of aliphatic hydroxyl groups excluding tert-OH is 3. The van der Waals surface area contributed by atoms with E-state index in [2.05, 4.69) is 4.98 Å². The number of rotatable bonds is 2. The van der Waals surface area contributed by atoms with Crippen molar-refractivity contribution in [3.63, 3.8) is 0 Å². The van der Waals surface area contributed by atoms with Crippen molar-refractivity contribution in [2.75, 3.05) is 6.61 Å². The van der Waals surface area contributed by atoms with Crippen LogP contribution in [0.1, 0.15) is 11.9 Å². The lowest BCUT2D eigenvalue weighted by atomic mass is 10.1. The molecule has 1 aromatic heterocycles. The summed E-state index contributed by atoms with van der Waals surface area (Å²) in [4.78, 5) is 15.3. The molecule has 0 bridgehead atoms. The van der Waals surface area contributed by atoms with Crippen LogP contribution >= 0.6 is 0 Å². The van der Waals surface area contributed by atoms with Gasteiger partial charge in [-0.05, 0) is 13.0 Å². The molecule has 94 valence electrons. The van der Waals surface area contributed by atoms with Gasteiger partial charge in [-0.2, -0.15) is 4.98 Å². The number of hydrogen-bond acceptors (Lipinski definition) is 6. The molecule has 0 aliphatic carbocycles. The molecule has 1 saturated heterocycles. The predicted molar refractivity (Wildman–Crippen MR) is 56.2 cm³/mol. The molecule has 2 heterocycles. The van der Waals surface area contributed by atoms with Gasteiger partial charge in [-0.3, -0.25) is 4.57 Å². The molecule has 3 N–H and O–H groups in total. The van der Waals surface area contributed by atoms with E-state index in [9.17, 15) is 15.0 Å². The molecule has 2 rings (SSSR count). The highest BCUT2D eigenvalue weighted by Gasteiger charge is 2.43. The molecule has 1 aliphatic rings. The molecule has 1 aliphatic heterocycles. The first-order valence-electron chi connectivity index (χ1n) is 5.23. The molecule has 0 spiro atoms. The molecule has 1 fully saturated rings. The summed E-state index contributed by atoms with van der Waals surface area (Å²) in [5, 5.41) is 28.2. The van der Waals surface area contributed by atoms with Gasteiger partial charge in [0, 0.05) is 11.9 Å². The molecule has 0 amide bonds. The van der Waals surface area contributed by atoms with Gasteiger partial charge in [0.1, 0.15) is 18.3 Å². The van der Waals surface area contributed by atoms with Crippen molar-refractivity contribution in [2.24, 2.45) is 0 Å². The summed E-state index contributed by atoms with van der Waals surface area (Å²) < 4.78 is 6.31. The van der Waals surface area contributed by atoms with E-state index < -0.39 is 36.8 Å². The summed E-state index contributed by atoms with van der Waals surface area (Å²) in [6.07, 6.45) is -2.98. The zero-order valence-corrected chi connectivity index (χ0v) is 9.22. The largest absolute Gasteiger partial charge is 0.394 e. The van der Waals surface area contributed by atoms with Gasteiger partial charge in [0.2, 0.25) is 0 Å². The summed E-state index contributed by atoms with van der Waals surface area (Å²) in [6, 6.07) is 1.59. The third-order valence-electron chi connectivity index (χ3n) is 2.76. The number of ether oxygens (including phenoxy) is 1. The van der Waals surface area contributed by atoms with E-state index in [0.717, 1.165) is 4.57 Å². The van der Waals surface area contributed by atoms with Crippen LogP contribution in [0.15, 0.2) is 17.1 Å². The molecule has 0 aromatic carbocycles. The van der Waals surface area contributed by atoms with Gasteiger partial charge in [-0.25, -0.2) is 4.79 Å². The average Bonchev–Trinajstić information content (AvgIpc) is 2.57. The minimum atomic E-state index is -1.27. The van der Waals surface area contributed by atoms with Crippen molar-refractivity contribution < 1.29 is 20.1 Å². The third-order valence-corrected chi connectivity index (χ3v) is 2.76. The molecule has 7 heteroatoms. The van der Waals surface area contributed by atoms with Crippen LogP contribution in [-0.2, 0) is 4.74 Å². The van der Waals surface area contributed by atoms with Crippen molar-refractivity contribution in [3.8, 4) is 0 Å². The average molecular weight is 242 g/mol. The number of nitrogens with zero attached hydrogens (tertiary/aromatic N) is 2. The van der Waals surface area contributed by atoms with Gasteiger partial charge >= 0.3 is 5.69 Å². The maximum Gasteiger partial charge on any atom is 0.349 e. The zero-order chi connectivity index (χ0) is 12.6. The zero-order valence-electron chi connectivity index (χ0n) is 9.22. The first-order valence-corrected chi connectivity index (χ1v) is 5.23. The van der Waals surface area contributed by atoms with Crippen LogP contribution in [0.2, 0.25) is 0 Å². The first kappa shape index (κ1) is 12.2. The molecule has 7 nitrogen and oxygen atoms in total. The lowest BCUT2D eigenvalue weighted by Gasteiger charge is -2.16. The molecule has 17 heavy (non-hydrogen) atoms. The van der Waals surface area contributed by atoms with Crippen LogP contribution in [0.3, 0.4) is 0 Å². The molecule has 4 atom stereocenters. The van der Waals surface area contributed by atoms with Crippen LogP contribution in [0, 0.1) is 6.92 Å². The Morgan fingerprint density at radius 3 is 2.71 bits per heavy atom. The summed E-state index contributed by atoms with van der Waals surface area (Å²) in [5.74, 6) is 0. The Morgan fingerprint density at radius 1 is 1.47 bits per heavy atom. The monoisotopic (exact) mass is 242 g/mol. The topological polar surface area (TPSA) is 105 Å². The minimum Gasteiger partial charge on any atom is -0.394 e. The molecule has 1 aromatic rings.